The Bertz CT molecular complexity index is 689. The number of ether oxygens (including phenoxy) is 4. The molecule has 2 rings (SSSR count). The Labute approximate surface area is 167 Å². The molecule has 0 amide bonds. The summed E-state index contributed by atoms with van der Waals surface area (Å²) >= 11 is 5.83. The van der Waals surface area contributed by atoms with Gasteiger partial charge in [-0.1, -0.05) is 50.5 Å². The first kappa shape index (κ1) is 21.6. The van der Waals surface area contributed by atoms with Crippen LogP contribution in [0.3, 0.4) is 0 Å². The van der Waals surface area contributed by atoms with Crippen molar-refractivity contribution in [2.45, 2.75) is 45.1 Å². The van der Waals surface area contributed by atoms with Gasteiger partial charge in [-0.2, -0.15) is 0 Å². The van der Waals surface area contributed by atoms with E-state index in [4.69, 9.17) is 30.5 Å². The molecule has 4 nitrogen and oxygen atoms in total. The zero-order valence-electron chi connectivity index (χ0n) is 16.6. The molecular formula is C22H31ClO4. The summed E-state index contributed by atoms with van der Waals surface area (Å²) in [5.41, 5.74) is 0. The molecule has 0 fully saturated rings. The first-order valence-corrected chi connectivity index (χ1v) is 10.2. The Morgan fingerprint density at radius 1 is 0.963 bits per heavy atom. The normalized spacial score (nSPS) is 12.1. The van der Waals surface area contributed by atoms with E-state index in [1.165, 1.54) is 19.3 Å². The van der Waals surface area contributed by atoms with Crippen LogP contribution >= 0.6 is 11.6 Å². The Hall–Kier alpha value is -1.65. The molecule has 0 aliphatic rings. The molecule has 0 aliphatic heterocycles. The van der Waals surface area contributed by atoms with Crippen molar-refractivity contribution in [3.05, 3.63) is 30.3 Å². The van der Waals surface area contributed by atoms with E-state index in [-0.39, 0.29) is 6.10 Å². The van der Waals surface area contributed by atoms with Crippen LogP contribution in [0.15, 0.2) is 30.3 Å². The van der Waals surface area contributed by atoms with Gasteiger partial charge in [0.15, 0.2) is 11.5 Å². The van der Waals surface area contributed by atoms with Crippen LogP contribution in [0.1, 0.15) is 39.0 Å². The van der Waals surface area contributed by atoms with Gasteiger partial charge in [0.1, 0.15) is 12.4 Å². The maximum atomic E-state index is 6.11. The maximum absolute atomic E-state index is 6.11. The number of hydrogen-bond acceptors (Lipinski definition) is 4. The topological polar surface area (TPSA) is 36.9 Å². The Balaban J connectivity index is 2.23. The van der Waals surface area contributed by atoms with Crippen LogP contribution in [0.2, 0.25) is 0 Å². The maximum Gasteiger partial charge on any atom is 0.169 e. The molecule has 5 heteroatoms. The molecule has 0 heterocycles. The minimum absolute atomic E-state index is 0.0400. The molecule has 0 saturated carbocycles. The van der Waals surface area contributed by atoms with E-state index in [0.29, 0.717) is 24.8 Å². The van der Waals surface area contributed by atoms with Crippen LogP contribution in [0, 0.1) is 0 Å². The fourth-order valence-electron chi connectivity index (χ4n) is 2.99. The lowest BCUT2D eigenvalue weighted by atomic mass is 10.1. The van der Waals surface area contributed by atoms with Gasteiger partial charge in [-0.3, -0.25) is 0 Å². The van der Waals surface area contributed by atoms with Crippen molar-refractivity contribution in [2.75, 3.05) is 33.3 Å². The highest BCUT2D eigenvalue weighted by Crippen LogP contribution is 2.41. The molecule has 27 heavy (non-hydrogen) atoms. The summed E-state index contributed by atoms with van der Waals surface area (Å²) in [5, 5.41) is 2.00. The highest BCUT2D eigenvalue weighted by molar-refractivity contribution is 6.17. The van der Waals surface area contributed by atoms with Crippen molar-refractivity contribution in [1.82, 2.24) is 0 Å². The van der Waals surface area contributed by atoms with E-state index in [0.717, 1.165) is 35.1 Å². The van der Waals surface area contributed by atoms with Crippen molar-refractivity contribution in [1.29, 1.82) is 0 Å². The summed E-state index contributed by atoms with van der Waals surface area (Å²) in [4.78, 5) is 0. The van der Waals surface area contributed by atoms with E-state index < -0.39 is 0 Å². The van der Waals surface area contributed by atoms with Crippen LogP contribution in [-0.2, 0) is 4.74 Å². The van der Waals surface area contributed by atoms with E-state index in [1.807, 2.05) is 30.3 Å². The second-order valence-electron chi connectivity index (χ2n) is 6.51. The second kappa shape index (κ2) is 11.9. The number of methoxy groups -OCH3 is 2. The van der Waals surface area contributed by atoms with Crippen LogP contribution in [0.5, 0.6) is 17.2 Å². The largest absolute Gasteiger partial charge is 0.493 e. The molecular weight excluding hydrogens is 364 g/mol. The quantitative estimate of drug-likeness (QED) is 0.316. The Morgan fingerprint density at radius 3 is 2.41 bits per heavy atom. The van der Waals surface area contributed by atoms with Crippen molar-refractivity contribution in [3.8, 4) is 17.2 Å². The molecule has 0 aromatic heterocycles. The third-order valence-electron chi connectivity index (χ3n) is 4.58. The smallest absolute Gasteiger partial charge is 0.169 e. The lowest BCUT2D eigenvalue weighted by Crippen LogP contribution is -2.20. The number of unbranched alkanes of at least 4 members (excludes halogenated alkanes) is 3. The molecule has 0 aliphatic carbocycles. The number of benzene rings is 2. The lowest BCUT2D eigenvalue weighted by Gasteiger charge is -2.19. The summed E-state index contributed by atoms with van der Waals surface area (Å²) in [6.07, 6.45) is 5.36. The van der Waals surface area contributed by atoms with E-state index >= 15 is 0 Å². The Kier molecular flexibility index (Phi) is 9.57. The SMILES string of the molecule is CCCCCCOc1c(OC)cc(OCC(CCCl)OC)c2ccccc12. The molecule has 1 unspecified atom stereocenters. The van der Waals surface area contributed by atoms with Crippen molar-refractivity contribution in [2.24, 2.45) is 0 Å². The zero-order chi connectivity index (χ0) is 19.5. The monoisotopic (exact) mass is 394 g/mol. The average molecular weight is 395 g/mol. The molecule has 0 bridgehead atoms. The molecule has 0 N–H and O–H groups in total. The molecule has 1 atom stereocenters. The summed E-state index contributed by atoms with van der Waals surface area (Å²) in [7, 11) is 3.33. The lowest BCUT2D eigenvalue weighted by molar-refractivity contribution is 0.0566. The van der Waals surface area contributed by atoms with Gasteiger partial charge in [0.2, 0.25) is 0 Å². The van der Waals surface area contributed by atoms with E-state index in [9.17, 15) is 0 Å². The van der Waals surface area contributed by atoms with Crippen molar-refractivity contribution in [3.63, 3.8) is 0 Å². The third-order valence-corrected chi connectivity index (χ3v) is 4.79. The van der Waals surface area contributed by atoms with Gasteiger partial charge < -0.3 is 18.9 Å². The van der Waals surface area contributed by atoms with Gasteiger partial charge in [0.05, 0.1) is 19.8 Å². The van der Waals surface area contributed by atoms with Gasteiger partial charge in [-0.15, -0.1) is 11.6 Å². The number of halogens is 1. The van der Waals surface area contributed by atoms with Crippen molar-refractivity contribution >= 4 is 22.4 Å². The highest BCUT2D eigenvalue weighted by atomic mass is 35.5. The van der Waals surface area contributed by atoms with Gasteiger partial charge in [0.25, 0.3) is 0 Å². The summed E-state index contributed by atoms with van der Waals surface area (Å²) in [6, 6.07) is 9.98. The second-order valence-corrected chi connectivity index (χ2v) is 6.89. The first-order valence-electron chi connectivity index (χ1n) is 9.69. The van der Waals surface area contributed by atoms with Gasteiger partial charge >= 0.3 is 0 Å². The van der Waals surface area contributed by atoms with Crippen LogP contribution < -0.4 is 14.2 Å². The minimum atomic E-state index is -0.0400. The van der Waals surface area contributed by atoms with Crippen molar-refractivity contribution < 1.29 is 18.9 Å². The Morgan fingerprint density at radius 2 is 1.74 bits per heavy atom. The van der Waals surface area contributed by atoms with Gasteiger partial charge in [0, 0.05) is 29.8 Å². The van der Waals surface area contributed by atoms with E-state index in [2.05, 4.69) is 6.92 Å². The zero-order valence-corrected chi connectivity index (χ0v) is 17.4. The summed E-state index contributed by atoms with van der Waals surface area (Å²) in [5.74, 6) is 2.76. The predicted octanol–water partition coefficient (Wildman–Crippen LogP) is 5.83. The standard InChI is InChI=1S/C22H31ClO4/c1-4-5-6-9-14-26-22-19-11-8-7-10-18(19)20(15-21(22)25-3)27-16-17(24-2)12-13-23/h7-8,10-11,15,17H,4-6,9,12-14,16H2,1-3H3. The number of alkyl halides is 1. The van der Waals surface area contributed by atoms with Gasteiger partial charge in [-0.05, 0) is 12.8 Å². The predicted molar refractivity (Wildman–Crippen MR) is 112 cm³/mol. The van der Waals surface area contributed by atoms with Gasteiger partial charge in [-0.25, -0.2) is 0 Å². The number of fused-ring (bicyclic) bond motifs is 1. The first-order chi connectivity index (χ1) is 13.2. The minimum Gasteiger partial charge on any atom is -0.493 e. The molecule has 2 aromatic carbocycles. The van der Waals surface area contributed by atoms with E-state index in [1.54, 1.807) is 14.2 Å². The number of rotatable bonds is 13. The molecule has 0 saturated heterocycles. The summed E-state index contributed by atoms with van der Waals surface area (Å²) in [6.45, 7) is 3.33. The third kappa shape index (κ3) is 6.18. The molecule has 2 aromatic rings. The van der Waals surface area contributed by atoms with Crippen LogP contribution in [-0.4, -0.2) is 39.4 Å². The molecule has 150 valence electrons. The summed E-state index contributed by atoms with van der Waals surface area (Å²) < 4.78 is 23.2. The highest BCUT2D eigenvalue weighted by Gasteiger charge is 2.16. The molecule has 0 spiro atoms. The van der Waals surface area contributed by atoms with Crippen LogP contribution in [0.4, 0.5) is 0 Å². The fourth-order valence-corrected chi connectivity index (χ4v) is 3.23. The molecule has 0 radical (unpaired) electrons. The fraction of sp³-hybridized carbons (Fsp3) is 0.545. The average Bonchev–Trinajstić information content (AvgIpc) is 2.71. The number of hydrogen-bond donors (Lipinski definition) is 0. The van der Waals surface area contributed by atoms with Crippen LogP contribution in [0.25, 0.3) is 10.8 Å².